The summed E-state index contributed by atoms with van der Waals surface area (Å²) in [6.07, 6.45) is 3.84. The number of amides is 3. The molecule has 0 bridgehead atoms. The normalized spacial score (nSPS) is 22.0. The Labute approximate surface area is 157 Å². The number of likely N-dealkylation sites (tertiary alicyclic amines) is 1. The molecular weight excluding hydrogens is 340 g/mol. The number of β-lactam (4-membered cyclic amide) rings is 1. The summed E-state index contributed by atoms with van der Waals surface area (Å²) in [6, 6.07) is 15.3. The van der Waals surface area contributed by atoms with Crippen LogP contribution in [0.1, 0.15) is 40.1 Å². The molecule has 4 rings (SSSR count). The van der Waals surface area contributed by atoms with Crippen molar-refractivity contribution in [2.45, 2.75) is 32.0 Å². The Morgan fingerprint density at radius 3 is 1.96 bits per heavy atom. The standard InChI is InChI=1S/C22H20N2O3/c1-14(2)23-18(13-12-15-8-4-3-5-9-15)19(22(23)27)24-20(25)16-10-6-7-11-17(16)21(24)26/h3-14,18-19H,1-2H3/b13-12+. The van der Waals surface area contributed by atoms with E-state index in [4.69, 9.17) is 0 Å². The van der Waals surface area contributed by atoms with Gasteiger partial charge in [0.1, 0.15) is 6.04 Å². The van der Waals surface area contributed by atoms with Gasteiger partial charge < -0.3 is 4.90 Å². The van der Waals surface area contributed by atoms with Gasteiger partial charge in [-0.25, -0.2) is 0 Å². The van der Waals surface area contributed by atoms with Crippen LogP contribution >= 0.6 is 0 Å². The number of fused-ring (bicyclic) bond motifs is 1. The van der Waals surface area contributed by atoms with E-state index in [9.17, 15) is 14.4 Å². The largest absolute Gasteiger partial charge is 0.329 e. The minimum Gasteiger partial charge on any atom is -0.329 e. The summed E-state index contributed by atoms with van der Waals surface area (Å²) < 4.78 is 0. The maximum absolute atomic E-state index is 12.8. The highest BCUT2D eigenvalue weighted by Crippen LogP contribution is 2.34. The molecule has 27 heavy (non-hydrogen) atoms. The van der Waals surface area contributed by atoms with Crippen LogP contribution < -0.4 is 0 Å². The lowest BCUT2D eigenvalue weighted by Crippen LogP contribution is -2.72. The summed E-state index contributed by atoms with van der Waals surface area (Å²) in [5.74, 6) is -0.979. The molecule has 136 valence electrons. The first-order valence-electron chi connectivity index (χ1n) is 9.03. The average Bonchev–Trinajstić information content (AvgIpc) is 2.91. The van der Waals surface area contributed by atoms with Gasteiger partial charge in [0.2, 0.25) is 5.91 Å². The minimum atomic E-state index is -0.792. The maximum atomic E-state index is 12.8. The molecule has 2 aliphatic rings. The smallest absolute Gasteiger partial charge is 0.262 e. The molecule has 2 heterocycles. The lowest BCUT2D eigenvalue weighted by Gasteiger charge is -2.50. The fraction of sp³-hybridized carbons (Fsp3) is 0.227. The maximum Gasteiger partial charge on any atom is 0.262 e. The van der Waals surface area contributed by atoms with Crippen LogP contribution in [0.5, 0.6) is 0 Å². The van der Waals surface area contributed by atoms with Crippen molar-refractivity contribution in [3.63, 3.8) is 0 Å². The highest BCUT2D eigenvalue weighted by Gasteiger charge is 2.55. The van der Waals surface area contributed by atoms with Crippen LogP contribution in [0.15, 0.2) is 60.7 Å². The Morgan fingerprint density at radius 1 is 0.852 bits per heavy atom. The van der Waals surface area contributed by atoms with Gasteiger partial charge in [0.25, 0.3) is 11.8 Å². The fourth-order valence-electron chi connectivity index (χ4n) is 3.81. The van der Waals surface area contributed by atoms with Crippen LogP contribution in [-0.2, 0) is 4.79 Å². The van der Waals surface area contributed by atoms with Crippen molar-refractivity contribution < 1.29 is 14.4 Å². The van der Waals surface area contributed by atoms with Crippen LogP contribution in [0, 0.1) is 0 Å². The molecule has 5 nitrogen and oxygen atoms in total. The van der Waals surface area contributed by atoms with E-state index in [-0.39, 0.29) is 18.0 Å². The summed E-state index contributed by atoms with van der Waals surface area (Å²) in [4.78, 5) is 41.2. The van der Waals surface area contributed by atoms with E-state index in [0.29, 0.717) is 11.1 Å². The van der Waals surface area contributed by atoms with E-state index in [0.717, 1.165) is 10.5 Å². The van der Waals surface area contributed by atoms with Gasteiger partial charge in [0.05, 0.1) is 17.2 Å². The zero-order valence-corrected chi connectivity index (χ0v) is 15.2. The van der Waals surface area contributed by atoms with Crippen molar-refractivity contribution in [3.8, 4) is 0 Å². The molecule has 0 radical (unpaired) electrons. The molecule has 2 unspecified atom stereocenters. The highest BCUT2D eigenvalue weighted by atomic mass is 16.2. The van der Waals surface area contributed by atoms with Gasteiger partial charge in [0, 0.05) is 6.04 Å². The third-order valence-electron chi connectivity index (χ3n) is 5.10. The Hall–Kier alpha value is -3.21. The molecule has 0 saturated carbocycles. The minimum absolute atomic E-state index is 0.0191. The van der Waals surface area contributed by atoms with Crippen molar-refractivity contribution in [1.82, 2.24) is 9.80 Å². The molecular formula is C22H20N2O3. The third-order valence-corrected chi connectivity index (χ3v) is 5.10. The number of hydrogen-bond acceptors (Lipinski definition) is 3. The molecule has 1 fully saturated rings. The van der Waals surface area contributed by atoms with Crippen molar-refractivity contribution in [1.29, 1.82) is 0 Å². The first-order valence-corrected chi connectivity index (χ1v) is 9.03. The topological polar surface area (TPSA) is 57.7 Å². The molecule has 2 aromatic rings. The SMILES string of the molecule is CC(C)N1C(=O)C(N2C(=O)c3ccccc3C2=O)C1/C=C/c1ccccc1. The first kappa shape index (κ1) is 17.2. The second kappa shape index (κ2) is 6.50. The first-order chi connectivity index (χ1) is 13.0. The van der Waals surface area contributed by atoms with Crippen LogP contribution in [0.2, 0.25) is 0 Å². The number of carbonyl (C=O) groups is 3. The summed E-state index contributed by atoms with van der Waals surface area (Å²) in [6.45, 7) is 3.86. The van der Waals surface area contributed by atoms with Gasteiger partial charge >= 0.3 is 0 Å². The zero-order chi connectivity index (χ0) is 19.1. The predicted octanol–water partition coefficient (Wildman–Crippen LogP) is 2.98. The number of nitrogens with zero attached hydrogens (tertiary/aromatic N) is 2. The molecule has 2 aromatic carbocycles. The van der Waals surface area contributed by atoms with E-state index in [1.165, 1.54) is 0 Å². The molecule has 0 spiro atoms. The Bertz CT molecular complexity index is 914. The second-order valence-electron chi connectivity index (χ2n) is 7.07. The third kappa shape index (κ3) is 2.67. The molecule has 2 aliphatic heterocycles. The predicted molar refractivity (Wildman–Crippen MR) is 102 cm³/mol. The van der Waals surface area contributed by atoms with E-state index in [2.05, 4.69) is 0 Å². The highest BCUT2D eigenvalue weighted by molar-refractivity contribution is 6.23. The lowest BCUT2D eigenvalue weighted by molar-refractivity contribution is -0.155. The monoisotopic (exact) mass is 360 g/mol. The summed E-state index contributed by atoms with van der Waals surface area (Å²) in [7, 11) is 0. The number of imide groups is 1. The second-order valence-corrected chi connectivity index (χ2v) is 7.07. The van der Waals surface area contributed by atoms with E-state index < -0.39 is 17.9 Å². The zero-order valence-electron chi connectivity index (χ0n) is 15.2. The molecule has 0 aromatic heterocycles. The molecule has 0 N–H and O–H groups in total. The number of hydrogen-bond donors (Lipinski definition) is 0. The Balaban J connectivity index is 1.67. The molecule has 2 atom stereocenters. The summed E-state index contributed by atoms with van der Waals surface area (Å²) >= 11 is 0. The van der Waals surface area contributed by atoms with Gasteiger partial charge in [-0.05, 0) is 31.5 Å². The number of rotatable bonds is 4. The molecule has 1 saturated heterocycles. The average molecular weight is 360 g/mol. The van der Waals surface area contributed by atoms with E-state index >= 15 is 0 Å². The van der Waals surface area contributed by atoms with E-state index in [1.807, 2.05) is 56.3 Å². The molecule has 0 aliphatic carbocycles. The van der Waals surface area contributed by atoms with Crippen LogP contribution in [-0.4, -0.2) is 45.6 Å². The van der Waals surface area contributed by atoms with Gasteiger partial charge in [-0.15, -0.1) is 0 Å². The van der Waals surface area contributed by atoms with Gasteiger partial charge in [0.15, 0.2) is 0 Å². The molecule has 3 amide bonds. The van der Waals surface area contributed by atoms with Crippen molar-refractivity contribution in [2.75, 3.05) is 0 Å². The number of benzene rings is 2. The van der Waals surface area contributed by atoms with Gasteiger partial charge in [-0.1, -0.05) is 54.6 Å². The van der Waals surface area contributed by atoms with Crippen LogP contribution in [0.3, 0.4) is 0 Å². The van der Waals surface area contributed by atoms with Crippen molar-refractivity contribution >= 4 is 23.8 Å². The number of carbonyl (C=O) groups excluding carboxylic acids is 3. The quantitative estimate of drug-likeness (QED) is 0.622. The van der Waals surface area contributed by atoms with Crippen LogP contribution in [0.25, 0.3) is 6.08 Å². The van der Waals surface area contributed by atoms with Gasteiger partial charge in [-0.3, -0.25) is 19.3 Å². The van der Waals surface area contributed by atoms with E-state index in [1.54, 1.807) is 29.2 Å². The lowest BCUT2D eigenvalue weighted by atomic mass is 9.90. The van der Waals surface area contributed by atoms with Gasteiger partial charge in [-0.2, -0.15) is 0 Å². The Kier molecular flexibility index (Phi) is 4.15. The van der Waals surface area contributed by atoms with Crippen molar-refractivity contribution in [3.05, 3.63) is 77.4 Å². The summed E-state index contributed by atoms with van der Waals surface area (Å²) in [5.41, 5.74) is 1.73. The van der Waals surface area contributed by atoms with Crippen molar-refractivity contribution in [2.24, 2.45) is 0 Å². The fourth-order valence-corrected chi connectivity index (χ4v) is 3.81. The Morgan fingerprint density at radius 2 is 1.41 bits per heavy atom. The molecule has 5 heteroatoms. The summed E-state index contributed by atoms with van der Waals surface area (Å²) in [5, 5.41) is 0. The van der Waals surface area contributed by atoms with Crippen LogP contribution in [0.4, 0.5) is 0 Å².